The summed E-state index contributed by atoms with van der Waals surface area (Å²) >= 11 is 3.43. The van der Waals surface area contributed by atoms with Crippen LogP contribution >= 0.6 is 15.9 Å². The fraction of sp³-hybridized carbons (Fsp3) is 0.0690. The van der Waals surface area contributed by atoms with Crippen molar-refractivity contribution >= 4 is 26.9 Å². The van der Waals surface area contributed by atoms with Gasteiger partial charge in [-0.1, -0.05) is 88.7 Å². The quantitative estimate of drug-likeness (QED) is 0.214. The number of para-hydroxylation sites is 1. The first-order valence-electron chi connectivity index (χ1n) is 10.9. The molecule has 0 aliphatic rings. The van der Waals surface area contributed by atoms with E-state index >= 15 is 0 Å². The summed E-state index contributed by atoms with van der Waals surface area (Å²) in [7, 11) is 0. The van der Waals surface area contributed by atoms with Crippen LogP contribution in [0.5, 0.6) is 11.5 Å². The molecule has 5 rings (SSSR count). The smallest absolute Gasteiger partial charge is 0.235 e. The van der Waals surface area contributed by atoms with E-state index in [4.69, 9.17) is 13.9 Å². The first-order chi connectivity index (χ1) is 16.7. The van der Waals surface area contributed by atoms with E-state index in [0.29, 0.717) is 23.3 Å². The van der Waals surface area contributed by atoms with Gasteiger partial charge in [0.15, 0.2) is 5.76 Å². The standard InChI is InChI=1S/C29H21BrO4/c30-23-15-16-26-25(19-23)27(31)29(33-18-17-32-24-9-5-2-6-10-24)28(34-26)22-13-11-21(12-14-22)20-7-3-1-4-8-20/h1-16,19H,17-18H2. The molecule has 0 N–H and O–H groups in total. The molecule has 0 saturated carbocycles. The Morgan fingerprint density at radius 2 is 1.29 bits per heavy atom. The molecule has 5 heteroatoms. The number of hydrogen-bond donors (Lipinski definition) is 0. The van der Waals surface area contributed by atoms with E-state index in [0.717, 1.165) is 26.9 Å². The SMILES string of the molecule is O=c1c(OCCOc2ccccc2)c(-c2ccc(-c3ccccc3)cc2)oc2ccc(Br)cc12. The van der Waals surface area contributed by atoms with Gasteiger partial charge in [-0.25, -0.2) is 0 Å². The molecule has 5 aromatic rings. The molecule has 0 bridgehead atoms. The van der Waals surface area contributed by atoms with Gasteiger partial charge in [0, 0.05) is 10.0 Å². The van der Waals surface area contributed by atoms with Gasteiger partial charge < -0.3 is 13.9 Å². The second-order valence-electron chi connectivity index (χ2n) is 7.68. The minimum absolute atomic E-state index is 0.176. The van der Waals surface area contributed by atoms with Gasteiger partial charge in [0.05, 0.1) is 5.39 Å². The number of fused-ring (bicyclic) bond motifs is 1. The van der Waals surface area contributed by atoms with Crippen LogP contribution in [-0.2, 0) is 0 Å². The fourth-order valence-electron chi connectivity index (χ4n) is 3.74. The van der Waals surface area contributed by atoms with Gasteiger partial charge in [-0.2, -0.15) is 0 Å². The largest absolute Gasteiger partial charge is 0.490 e. The average Bonchev–Trinajstić information content (AvgIpc) is 2.89. The Balaban J connectivity index is 1.48. The summed E-state index contributed by atoms with van der Waals surface area (Å²) in [6.07, 6.45) is 0. The van der Waals surface area contributed by atoms with Crippen molar-refractivity contribution in [2.24, 2.45) is 0 Å². The predicted molar refractivity (Wildman–Crippen MR) is 138 cm³/mol. The normalized spacial score (nSPS) is 10.9. The zero-order valence-corrected chi connectivity index (χ0v) is 19.8. The van der Waals surface area contributed by atoms with E-state index in [1.165, 1.54) is 0 Å². The molecule has 0 amide bonds. The molecule has 0 aliphatic heterocycles. The van der Waals surface area contributed by atoms with Crippen molar-refractivity contribution in [1.82, 2.24) is 0 Å². The van der Waals surface area contributed by atoms with Crippen LogP contribution in [0.3, 0.4) is 0 Å². The van der Waals surface area contributed by atoms with Crippen LogP contribution in [0.15, 0.2) is 117 Å². The molecule has 0 spiro atoms. The third kappa shape index (κ3) is 4.75. The molecule has 168 valence electrons. The minimum Gasteiger partial charge on any atom is -0.490 e. The Morgan fingerprint density at radius 1 is 0.676 bits per heavy atom. The fourth-order valence-corrected chi connectivity index (χ4v) is 4.10. The third-order valence-corrected chi connectivity index (χ3v) is 5.90. The first kappa shape index (κ1) is 22.0. The predicted octanol–water partition coefficient (Wildman–Crippen LogP) is 7.35. The second-order valence-corrected chi connectivity index (χ2v) is 8.60. The second kappa shape index (κ2) is 9.98. The van der Waals surface area contributed by atoms with Gasteiger partial charge >= 0.3 is 0 Å². The van der Waals surface area contributed by atoms with Gasteiger partial charge in [-0.15, -0.1) is 0 Å². The molecule has 0 saturated heterocycles. The van der Waals surface area contributed by atoms with E-state index in [1.807, 2.05) is 78.9 Å². The lowest BCUT2D eigenvalue weighted by Gasteiger charge is -2.13. The van der Waals surface area contributed by atoms with Crippen molar-refractivity contribution < 1.29 is 13.9 Å². The molecule has 0 atom stereocenters. The summed E-state index contributed by atoms with van der Waals surface area (Å²) in [6, 6.07) is 32.9. The molecule has 0 radical (unpaired) electrons. The number of benzene rings is 4. The van der Waals surface area contributed by atoms with Crippen molar-refractivity contribution in [2.75, 3.05) is 13.2 Å². The first-order valence-corrected chi connectivity index (χ1v) is 11.7. The van der Waals surface area contributed by atoms with E-state index in [2.05, 4.69) is 28.1 Å². The van der Waals surface area contributed by atoms with Crippen LogP contribution < -0.4 is 14.9 Å². The summed E-state index contributed by atoms with van der Waals surface area (Å²) in [6.45, 7) is 0.501. The summed E-state index contributed by atoms with van der Waals surface area (Å²) in [5.41, 5.74) is 3.25. The van der Waals surface area contributed by atoms with Crippen LogP contribution in [0.1, 0.15) is 0 Å². The van der Waals surface area contributed by atoms with Crippen molar-refractivity contribution in [3.63, 3.8) is 0 Å². The van der Waals surface area contributed by atoms with Gasteiger partial charge in [-0.05, 0) is 41.5 Å². The zero-order chi connectivity index (χ0) is 23.3. The van der Waals surface area contributed by atoms with Crippen LogP contribution in [0.4, 0.5) is 0 Å². The Labute approximate surface area is 205 Å². The van der Waals surface area contributed by atoms with Crippen molar-refractivity contribution in [1.29, 1.82) is 0 Å². The highest BCUT2D eigenvalue weighted by molar-refractivity contribution is 9.10. The van der Waals surface area contributed by atoms with E-state index in [-0.39, 0.29) is 17.8 Å². The number of ether oxygens (including phenoxy) is 2. The summed E-state index contributed by atoms with van der Waals surface area (Å²) in [5.74, 6) is 1.33. The maximum atomic E-state index is 13.4. The molecule has 0 aliphatic carbocycles. The van der Waals surface area contributed by atoms with Crippen LogP contribution in [0.25, 0.3) is 33.4 Å². The van der Waals surface area contributed by atoms with Crippen molar-refractivity contribution in [2.45, 2.75) is 0 Å². The van der Waals surface area contributed by atoms with E-state index in [9.17, 15) is 4.79 Å². The Bertz CT molecular complexity index is 1460. The van der Waals surface area contributed by atoms with Crippen molar-refractivity contribution in [3.8, 4) is 33.9 Å². The Morgan fingerprint density at radius 3 is 2.03 bits per heavy atom. The summed E-state index contributed by atoms with van der Waals surface area (Å²) in [4.78, 5) is 13.4. The highest BCUT2D eigenvalue weighted by Crippen LogP contribution is 2.33. The van der Waals surface area contributed by atoms with Gasteiger partial charge in [0.2, 0.25) is 11.2 Å². The number of rotatable bonds is 7. The molecular formula is C29H21BrO4. The lowest BCUT2D eigenvalue weighted by molar-refractivity contribution is 0.214. The third-order valence-electron chi connectivity index (χ3n) is 5.41. The lowest BCUT2D eigenvalue weighted by atomic mass is 10.0. The maximum Gasteiger partial charge on any atom is 0.235 e. The monoisotopic (exact) mass is 512 g/mol. The van der Waals surface area contributed by atoms with Gasteiger partial charge in [0.1, 0.15) is 24.5 Å². The molecule has 34 heavy (non-hydrogen) atoms. The average molecular weight is 513 g/mol. The maximum absolute atomic E-state index is 13.4. The molecule has 1 heterocycles. The molecule has 4 aromatic carbocycles. The lowest BCUT2D eigenvalue weighted by Crippen LogP contribution is -2.15. The van der Waals surface area contributed by atoms with Crippen LogP contribution in [0, 0.1) is 0 Å². The van der Waals surface area contributed by atoms with Crippen LogP contribution in [0.2, 0.25) is 0 Å². The molecule has 1 aromatic heterocycles. The Kier molecular flexibility index (Phi) is 6.45. The Hall–Kier alpha value is -3.83. The van der Waals surface area contributed by atoms with Crippen LogP contribution in [-0.4, -0.2) is 13.2 Å². The van der Waals surface area contributed by atoms with E-state index in [1.54, 1.807) is 12.1 Å². The minimum atomic E-state index is -0.218. The van der Waals surface area contributed by atoms with E-state index < -0.39 is 0 Å². The zero-order valence-electron chi connectivity index (χ0n) is 18.2. The number of hydrogen-bond acceptors (Lipinski definition) is 4. The number of halogens is 1. The summed E-state index contributed by atoms with van der Waals surface area (Å²) in [5, 5.41) is 0.456. The molecular weight excluding hydrogens is 492 g/mol. The molecule has 0 unspecified atom stereocenters. The van der Waals surface area contributed by atoms with Gasteiger partial charge in [0.25, 0.3) is 0 Å². The highest BCUT2D eigenvalue weighted by atomic mass is 79.9. The molecule has 4 nitrogen and oxygen atoms in total. The van der Waals surface area contributed by atoms with Crippen molar-refractivity contribution in [3.05, 3.63) is 118 Å². The van der Waals surface area contributed by atoms with Gasteiger partial charge in [-0.3, -0.25) is 4.79 Å². The highest BCUT2D eigenvalue weighted by Gasteiger charge is 2.18. The molecule has 0 fully saturated rings. The topological polar surface area (TPSA) is 48.7 Å². The summed E-state index contributed by atoms with van der Waals surface area (Å²) < 4.78 is 18.7.